The van der Waals surface area contributed by atoms with Gasteiger partial charge in [0.1, 0.15) is 0 Å². The van der Waals surface area contributed by atoms with E-state index in [0.717, 1.165) is 5.92 Å². The second-order valence-electron chi connectivity index (χ2n) is 4.17. The minimum Gasteiger partial charge on any atom is -0.123 e. The van der Waals surface area contributed by atoms with Crippen molar-refractivity contribution in [3.63, 3.8) is 0 Å². The highest BCUT2D eigenvalue weighted by atomic mass is 35.5. The van der Waals surface area contributed by atoms with E-state index in [2.05, 4.69) is 20.8 Å². The maximum Gasteiger partial charge on any atom is 0.0310 e. The van der Waals surface area contributed by atoms with Crippen LogP contribution in [-0.4, -0.2) is 5.38 Å². The van der Waals surface area contributed by atoms with Crippen molar-refractivity contribution in [1.82, 2.24) is 0 Å². The van der Waals surface area contributed by atoms with Crippen LogP contribution in [0.1, 0.15) is 65.7 Å². The normalized spacial score (nSPS) is 17.5. The van der Waals surface area contributed by atoms with Crippen LogP contribution >= 0.6 is 11.6 Å². The largest absolute Gasteiger partial charge is 0.123 e. The van der Waals surface area contributed by atoms with Gasteiger partial charge in [0.2, 0.25) is 0 Å². The van der Waals surface area contributed by atoms with Crippen LogP contribution in [0, 0.1) is 5.92 Å². The number of halogens is 1. The van der Waals surface area contributed by atoms with Gasteiger partial charge in [-0.3, -0.25) is 0 Å². The summed E-state index contributed by atoms with van der Waals surface area (Å²) in [6, 6.07) is 0. The first-order valence-electron chi connectivity index (χ1n) is 5.84. The van der Waals surface area contributed by atoms with Gasteiger partial charge in [-0.15, -0.1) is 11.6 Å². The third-order valence-electron chi connectivity index (χ3n) is 2.31. The third kappa shape index (κ3) is 12.3. The average molecular weight is 205 g/mol. The quantitative estimate of drug-likeness (QED) is 0.437. The molecule has 0 aliphatic heterocycles. The summed E-state index contributed by atoms with van der Waals surface area (Å²) < 4.78 is 0. The van der Waals surface area contributed by atoms with Gasteiger partial charge in [-0.1, -0.05) is 52.4 Å². The Bertz CT molecular complexity index is 91.3. The summed E-state index contributed by atoms with van der Waals surface area (Å²) in [4.78, 5) is 0. The smallest absolute Gasteiger partial charge is 0.0310 e. The number of alkyl halides is 1. The molecule has 0 spiro atoms. The fourth-order valence-corrected chi connectivity index (χ4v) is 1.56. The molecule has 80 valence electrons. The zero-order valence-corrected chi connectivity index (χ0v) is 10.2. The summed E-state index contributed by atoms with van der Waals surface area (Å²) in [5.74, 6) is 0.993. The minimum atomic E-state index is 0.410. The maximum atomic E-state index is 5.71. The summed E-state index contributed by atoms with van der Waals surface area (Å²) in [5, 5.41) is 0.410. The molecule has 0 aromatic rings. The van der Waals surface area contributed by atoms with Crippen LogP contribution in [0.15, 0.2) is 0 Å². The highest BCUT2D eigenvalue weighted by Gasteiger charge is 2.22. The molecule has 0 bridgehead atoms. The maximum absolute atomic E-state index is 5.71. The molecular formula is C12H25Cl. The Hall–Kier alpha value is 0.290. The van der Waals surface area contributed by atoms with Crippen molar-refractivity contribution in [2.75, 3.05) is 0 Å². The van der Waals surface area contributed by atoms with E-state index in [9.17, 15) is 0 Å². The predicted molar refractivity (Wildman–Crippen MR) is 62.5 cm³/mol. The third-order valence-corrected chi connectivity index (χ3v) is 2.49. The topological polar surface area (TPSA) is 0 Å². The van der Waals surface area contributed by atoms with E-state index in [1.807, 2.05) is 0 Å². The number of unbranched alkanes of at least 4 members (excludes halogenated alkanes) is 3. The van der Waals surface area contributed by atoms with Gasteiger partial charge in [0, 0.05) is 5.38 Å². The van der Waals surface area contributed by atoms with E-state index < -0.39 is 0 Å². The van der Waals surface area contributed by atoms with E-state index in [1.165, 1.54) is 44.9 Å². The molecule has 1 saturated carbocycles. The molecule has 0 radical (unpaired) electrons. The van der Waals surface area contributed by atoms with Crippen LogP contribution in [0.5, 0.6) is 0 Å². The van der Waals surface area contributed by atoms with Gasteiger partial charge in [-0.05, 0) is 19.3 Å². The molecule has 0 nitrogen and oxygen atoms in total. The van der Waals surface area contributed by atoms with Gasteiger partial charge < -0.3 is 0 Å². The van der Waals surface area contributed by atoms with E-state index in [0.29, 0.717) is 5.38 Å². The second-order valence-corrected chi connectivity index (χ2v) is 4.91. The van der Waals surface area contributed by atoms with Crippen LogP contribution in [0.25, 0.3) is 0 Å². The van der Waals surface area contributed by atoms with Crippen molar-refractivity contribution in [2.24, 2.45) is 5.92 Å². The van der Waals surface area contributed by atoms with Crippen LogP contribution in [-0.2, 0) is 0 Å². The van der Waals surface area contributed by atoms with Crippen LogP contribution in [0.2, 0.25) is 0 Å². The van der Waals surface area contributed by atoms with Crippen LogP contribution in [0.3, 0.4) is 0 Å². The lowest BCUT2D eigenvalue weighted by Gasteiger charge is -1.95. The summed E-state index contributed by atoms with van der Waals surface area (Å²) in [6.07, 6.45) is 9.63. The lowest BCUT2D eigenvalue weighted by molar-refractivity contribution is 0.702. The molecule has 0 amide bonds. The Morgan fingerprint density at radius 2 is 1.62 bits per heavy atom. The first-order chi connectivity index (χ1) is 6.20. The van der Waals surface area contributed by atoms with Gasteiger partial charge in [0.15, 0.2) is 0 Å². The lowest BCUT2D eigenvalue weighted by Crippen LogP contribution is -1.89. The standard InChI is InChI=1S/C6H11Cl.C6H14/c1-5(7)4-6-2-3-6;1-3-5-6-4-2/h5-6H,2-4H2,1H3;3-6H2,1-2H3. The molecule has 0 saturated heterocycles. The molecule has 1 rings (SSSR count). The Morgan fingerprint density at radius 3 is 1.77 bits per heavy atom. The molecule has 1 atom stereocenters. The van der Waals surface area contributed by atoms with E-state index in [-0.39, 0.29) is 0 Å². The first-order valence-corrected chi connectivity index (χ1v) is 6.28. The monoisotopic (exact) mass is 204 g/mol. The molecule has 1 fully saturated rings. The minimum absolute atomic E-state index is 0.410. The molecule has 1 heteroatoms. The second kappa shape index (κ2) is 8.87. The SMILES string of the molecule is CC(Cl)CC1CC1.CCCCCC. The highest BCUT2D eigenvalue weighted by Crippen LogP contribution is 2.34. The molecule has 0 aromatic carbocycles. The molecule has 1 aliphatic rings. The van der Waals surface area contributed by atoms with Crippen molar-refractivity contribution >= 4 is 11.6 Å². The van der Waals surface area contributed by atoms with Gasteiger partial charge in [-0.2, -0.15) is 0 Å². The molecule has 13 heavy (non-hydrogen) atoms. The summed E-state index contributed by atoms with van der Waals surface area (Å²) in [6.45, 7) is 6.53. The fraction of sp³-hybridized carbons (Fsp3) is 1.00. The Morgan fingerprint density at radius 1 is 1.15 bits per heavy atom. The summed E-state index contributed by atoms with van der Waals surface area (Å²) in [7, 11) is 0. The molecule has 0 N–H and O–H groups in total. The van der Waals surface area contributed by atoms with Crippen molar-refractivity contribution < 1.29 is 0 Å². The van der Waals surface area contributed by atoms with E-state index in [1.54, 1.807) is 0 Å². The predicted octanol–water partition coefficient (Wildman–Crippen LogP) is 5.00. The fourth-order valence-electron chi connectivity index (χ4n) is 1.31. The van der Waals surface area contributed by atoms with Gasteiger partial charge in [-0.25, -0.2) is 0 Å². The zero-order valence-electron chi connectivity index (χ0n) is 9.48. The zero-order chi connectivity index (χ0) is 10.1. The Kier molecular flexibility index (Phi) is 9.07. The Labute approximate surface area is 89.1 Å². The first kappa shape index (κ1) is 13.3. The van der Waals surface area contributed by atoms with E-state index >= 15 is 0 Å². The van der Waals surface area contributed by atoms with Crippen molar-refractivity contribution in [2.45, 2.75) is 71.1 Å². The van der Waals surface area contributed by atoms with Crippen LogP contribution in [0.4, 0.5) is 0 Å². The van der Waals surface area contributed by atoms with Crippen molar-refractivity contribution in [1.29, 1.82) is 0 Å². The van der Waals surface area contributed by atoms with Gasteiger partial charge in [0.05, 0.1) is 0 Å². The molecule has 1 aliphatic carbocycles. The lowest BCUT2D eigenvalue weighted by atomic mass is 10.2. The molecule has 0 heterocycles. The van der Waals surface area contributed by atoms with Gasteiger partial charge >= 0.3 is 0 Å². The highest BCUT2D eigenvalue weighted by molar-refractivity contribution is 6.20. The van der Waals surface area contributed by atoms with Gasteiger partial charge in [0.25, 0.3) is 0 Å². The molecule has 1 unspecified atom stereocenters. The molecule has 0 aromatic heterocycles. The number of hydrogen-bond acceptors (Lipinski definition) is 0. The van der Waals surface area contributed by atoms with Crippen molar-refractivity contribution in [3.05, 3.63) is 0 Å². The number of rotatable bonds is 5. The van der Waals surface area contributed by atoms with Crippen LogP contribution < -0.4 is 0 Å². The summed E-state index contributed by atoms with van der Waals surface area (Å²) in [5.41, 5.74) is 0. The number of hydrogen-bond donors (Lipinski definition) is 0. The van der Waals surface area contributed by atoms with Crippen molar-refractivity contribution in [3.8, 4) is 0 Å². The summed E-state index contributed by atoms with van der Waals surface area (Å²) >= 11 is 5.71. The van der Waals surface area contributed by atoms with E-state index in [4.69, 9.17) is 11.6 Å². The molecular weight excluding hydrogens is 180 g/mol. The Balaban J connectivity index is 0.000000226. The average Bonchev–Trinajstić information content (AvgIpc) is 2.84.